The summed E-state index contributed by atoms with van der Waals surface area (Å²) in [4.78, 5) is 12.3. The molecule has 0 spiro atoms. The van der Waals surface area contributed by atoms with Gasteiger partial charge < -0.3 is 9.15 Å². The molecule has 0 saturated heterocycles. The molecule has 12 heteroatoms. The van der Waals surface area contributed by atoms with Gasteiger partial charge in [0.05, 0.1) is 0 Å². The molecule has 0 aliphatic rings. The van der Waals surface area contributed by atoms with Crippen LogP contribution in [0.4, 0.5) is 13.2 Å². The standard InChI is InChI=1S/C17H14ClF3N4O3S/c1-9-7-10(3-5-12(9)18)27-8-11-4-6-13(28-11)14(26)24-25-15(17(19,20)21)22-23-16(25)29-2/h3-7H,8H2,1-2H3,(H,24,26). The van der Waals surface area contributed by atoms with Crippen molar-refractivity contribution < 1.29 is 27.1 Å². The first-order valence-corrected chi connectivity index (χ1v) is 9.65. The van der Waals surface area contributed by atoms with E-state index >= 15 is 0 Å². The zero-order chi connectivity index (χ0) is 21.2. The lowest BCUT2D eigenvalue weighted by Crippen LogP contribution is -2.28. The topological polar surface area (TPSA) is 82.2 Å². The minimum Gasteiger partial charge on any atom is -0.486 e. The van der Waals surface area contributed by atoms with Crippen LogP contribution in [0.25, 0.3) is 0 Å². The monoisotopic (exact) mass is 446 g/mol. The van der Waals surface area contributed by atoms with Crippen LogP contribution >= 0.6 is 23.4 Å². The number of nitrogens with zero attached hydrogens (tertiary/aromatic N) is 3. The van der Waals surface area contributed by atoms with Crippen LogP contribution in [0.15, 0.2) is 39.9 Å². The second-order valence-electron chi connectivity index (χ2n) is 5.75. The van der Waals surface area contributed by atoms with Crippen molar-refractivity contribution in [2.45, 2.75) is 24.9 Å². The molecule has 2 aromatic heterocycles. The van der Waals surface area contributed by atoms with Gasteiger partial charge in [-0.05, 0) is 49.1 Å². The fourth-order valence-corrected chi connectivity index (χ4v) is 2.84. The number of hydrogen-bond donors (Lipinski definition) is 1. The zero-order valence-corrected chi connectivity index (χ0v) is 16.7. The van der Waals surface area contributed by atoms with Crippen LogP contribution in [0.2, 0.25) is 5.02 Å². The third kappa shape index (κ3) is 4.85. The predicted molar refractivity (Wildman–Crippen MR) is 99.7 cm³/mol. The van der Waals surface area contributed by atoms with Gasteiger partial charge in [-0.3, -0.25) is 10.2 Å². The lowest BCUT2D eigenvalue weighted by molar-refractivity contribution is -0.146. The van der Waals surface area contributed by atoms with Crippen LogP contribution in [0, 0.1) is 6.92 Å². The number of amides is 1. The molecule has 154 valence electrons. The van der Waals surface area contributed by atoms with Crippen LogP contribution < -0.4 is 10.2 Å². The Morgan fingerprint density at radius 2 is 2.07 bits per heavy atom. The van der Waals surface area contributed by atoms with E-state index in [1.807, 2.05) is 6.92 Å². The molecule has 2 heterocycles. The van der Waals surface area contributed by atoms with E-state index in [0.717, 1.165) is 17.3 Å². The van der Waals surface area contributed by atoms with E-state index < -0.39 is 17.9 Å². The maximum absolute atomic E-state index is 13.0. The summed E-state index contributed by atoms with van der Waals surface area (Å²) in [5.41, 5.74) is 2.93. The van der Waals surface area contributed by atoms with Gasteiger partial charge in [0.2, 0.25) is 5.16 Å². The Kier molecular flexibility index (Phi) is 6.08. The molecular weight excluding hydrogens is 433 g/mol. The second-order valence-corrected chi connectivity index (χ2v) is 6.93. The Morgan fingerprint density at radius 3 is 2.72 bits per heavy atom. The molecule has 0 unspecified atom stereocenters. The number of furan rings is 1. The summed E-state index contributed by atoms with van der Waals surface area (Å²) in [5, 5.41) is 6.97. The summed E-state index contributed by atoms with van der Waals surface area (Å²) in [6.07, 6.45) is -3.28. The first-order valence-electron chi connectivity index (χ1n) is 8.04. The summed E-state index contributed by atoms with van der Waals surface area (Å²) in [6.45, 7) is 1.85. The van der Waals surface area contributed by atoms with Gasteiger partial charge in [0.1, 0.15) is 18.1 Å². The summed E-state index contributed by atoms with van der Waals surface area (Å²) in [7, 11) is 0. The lowest BCUT2D eigenvalue weighted by atomic mass is 10.2. The Bertz CT molecular complexity index is 1040. The summed E-state index contributed by atoms with van der Waals surface area (Å²) in [6, 6.07) is 7.93. The molecule has 1 aromatic carbocycles. The van der Waals surface area contributed by atoms with E-state index in [2.05, 4.69) is 15.6 Å². The number of aryl methyl sites for hydroxylation is 1. The van der Waals surface area contributed by atoms with Crippen molar-refractivity contribution in [2.75, 3.05) is 11.7 Å². The van der Waals surface area contributed by atoms with Gasteiger partial charge in [0, 0.05) is 5.02 Å². The fourth-order valence-electron chi connectivity index (χ4n) is 2.28. The van der Waals surface area contributed by atoms with Crippen LogP contribution in [0.5, 0.6) is 5.75 Å². The number of aromatic nitrogens is 3. The third-order valence-corrected chi connectivity index (χ3v) is 4.73. The molecule has 0 atom stereocenters. The maximum atomic E-state index is 13.0. The van der Waals surface area contributed by atoms with Crippen LogP contribution in [0.1, 0.15) is 27.7 Å². The number of nitrogens with one attached hydrogen (secondary N) is 1. The minimum atomic E-state index is -4.78. The van der Waals surface area contributed by atoms with Gasteiger partial charge in [-0.25, -0.2) is 4.68 Å². The summed E-state index contributed by atoms with van der Waals surface area (Å²) in [5.74, 6) is -1.56. The van der Waals surface area contributed by atoms with Gasteiger partial charge in [0.15, 0.2) is 5.76 Å². The molecule has 7 nitrogen and oxygen atoms in total. The Hall–Kier alpha value is -2.66. The Morgan fingerprint density at radius 1 is 1.31 bits per heavy atom. The average molecular weight is 447 g/mol. The smallest absolute Gasteiger partial charge is 0.453 e. The van der Waals surface area contributed by atoms with Crippen LogP contribution in [-0.2, 0) is 12.8 Å². The van der Waals surface area contributed by atoms with Gasteiger partial charge in [0.25, 0.3) is 5.82 Å². The highest BCUT2D eigenvalue weighted by molar-refractivity contribution is 7.98. The van der Waals surface area contributed by atoms with E-state index in [9.17, 15) is 18.0 Å². The van der Waals surface area contributed by atoms with Gasteiger partial charge >= 0.3 is 12.1 Å². The number of rotatable bonds is 6. The molecule has 0 radical (unpaired) electrons. The quantitative estimate of drug-likeness (QED) is 0.560. The Labute approximate surface area is 172 Å². The molecule has 0 aliphatic heterocycles. The predicted octanol–water partition coefficient (Wildman–Crippen LogP) is 4.54. The van der Waals surface area contributed by atoms with Gasteiger partial charge in [-0.15, -0.1) is 10.2 Å². The van der Waals surface area contributed by atoms with Crippen molar-refractivity contribution in [3.63, 3.8) is 0 Å². The van der Waals surface area contributed by atoms with E-state index in [-0.39, 0.29) is 17.5 Å². The number of halogens is 4. The minimum absolute atomic E-state index is 0.0187. The van der Waals surface area contributed by atoms with Crippen molar-refractivity contribution in [1.29, 1.82) is 0 Å². The Balaban J connectivity index is 1.70. The molecule has 0 bridgehead atoms. The zero-order valence-electron chi connectivity index (χ0n) is 15.1. The molecule has 1 N–H and O–H groups in total. The van der Waals surface area contributed by atoms with E-state index in [4.69, 9.17) is 20.8 Å². The molecule has 3 aromatic rings. The lowest BCUT2D eigenvalue weighted by Gasteiger charge is -2.11. The number of benzene rings is 1. The molecule has 29 heavy (non-hydrogen) atoms. The normalized spacial score (nSPS) is 11.5. The number of thioether (sulfide) groups is 1. The third-order valence-electron chi connectivity index (χ3n) is 3.68. The maximum Gasteiger partial charge on any atom is 0.453 e. The SMILES string of the molecule is CSc1nnc(C(F)(F)F)n1NC(=O)c1ccc(COc2ccc(Cl)c(C)c2)o1. The summed E-state index contributed by atoms with van der Waals surface area (Å²) < 4.78 is 50.5. The number of carbonyl (C=O) groups is 1. The summed E-state index contributed by atoms with van der Waals surface area (Å²) >= 11 is 6.85. The van der Waals surface area contributed by atoms with Crippen molar-refractivity contribution in [1.82, 2.24) is 14.9 Å². The molecular formula is C17H14ClF3N4O3S. The van der Waals surface area contributed by atoms with Gasteiger partial charge in [-0.1, -0.05) is 23.4 Å². The number of carbonyl (C=O) groups excluding carboxylic acids is 1. The number of alkyl halides is 3. The van der Waals surface area contributed by atoms with Crippen LogP contribution in [-0.4, -0.2) is 27.0 Å². The van der Waals surface area contributed by atoms with Crippen molar-refractivity contribution >= 4 is 29.3 Å². The van der Waals surface area contributed by atoms with Crippen molar-refractivity contribution in [3.8, 4) is 5.75 Å². The number of ether oxygens (including phenoxy) is 1. The molecule has 3 rings (SSSR count). The highest BCUT2D eigenvalue weighted by Crippen LogP contribution is 2.29. The van der Waals surface area contributed by atoms with Gasteiger partial charge in [-0.2, -0.15) is 13.2 Å². The second kappa shape index (κ2) is 8.37. The van der Waals surface area contributed by atoms with E-state index in [1.54, 1.807) is 18.2 Å². The highest BCUT2D eigenvalue weighted by atomic mass is 35.5. The fraction of sp³-hybridized carbons (Fsp3) is 0.235. The first-order chi connectivity index (χ1) is 13.7. The van der Waals surface area contributed by atoms with E-state index in [0.29, 0.717) is 21.2 Å². The molecule has 0 saturated carbocycles. The number of hydrogen-bond acceptors (Lipinski definition) is 6. The van der Waals surface area contributed by atoms with E-state index in [1.165, 1.54) is 18.4 Å². The molecule has 0 aliphatic carbocycles. The van der Waals surface area contributed by atoms with Crippen molar-refractivity contribution in [3.05, 3.63) is 58.3 Å². The van der Waals surface area contributed by atoms with Crippen LogP contribution in [0.3, 0.4) is 0 Å². The first kappa shape index (κ1) is 21.1. The average Bonchev–Trinajstić information content (AvgIpc) is 3.29. The molecule has 0 fully saturated rings. The largest absolute Gasteiger partial charge is 0.486 e. The molecule has 1 amide bonds. The highest BCUT2D eigenvalue weighted by Gasteiger charge is 2.39. The van der Waals surface area contributed by atoms with Crippen molar-refractivity contribution in [2.24, 2.45) is 0 Å².